The van der Waals surface area contributed by atoms with Gasteiger partial charge in [-0.05, 0) is 48.4 Å². The van der Waals surface area contributed by atoms with Gasteiger partial charge in [-0.2, -0.15) is 0 Å². The molecule has 5 rings (SSSR count). The Morgan fingerprint density at radius 2 is 1.88 bits per heavy atom. The van der Waals surface area contributed by atoms with Crippen LogP contribution in [0.4, 0.5) is 11.4 Å². The Hall–Kier alpha value is -3.31. The zero-order chi connectivity index (χ0) is 22.2. The van der Waals surface area contributed by atoms with E-state index >= 15 is 0 Å². The maximum Gasteiger partial charge on any atom is 0.227 e. The quantitative estimate of drug-likeness (QED) is 0.517. The van der Waals surface area contributed by atoms with Gasteiger partial charge in [-0.3, -0.25) is 14.5 Å². The van der Waals surface area contributed by atoms with Crippen LogP contribution in [0.2, 0.25) is 5.02 Å². The number of Topliss-reactive ketones (excluding diaryl/α,β-unsaturated/α-hetero) is 1. The van der Waals surface area contributed by atoms with Crippen molar-refractivity contribution in [1.82, 2.24) is 0 Å². The lowest BCUT2D eigenvalue weighted by Crippen LogP contribution is -2.38. The van der Waals surface area contributed by atoms with Crippen molar-refractivity contribution < 1.29 is 14.0 Å². The van der Waals surface area contributed by atoms with E-state index in [1.807, 2.05) is 55.5 Å². The molecular formula is C26H23ClN2O3. The highest BCUT2D eigenvalue weighted by Crippen LogP contribution is 2.47. The number of nitrogens with zero attached hydrogens (tertiary/aromatic N) is 1. The number of carbonyl (C=O) groups is 2. The Morgan fingerprint density at radius 1 is 1.09 bits per heavy atom. The number of benzene rings is 2. The van der Waals surface area contributed by atoms with E-state index in [-0.39, 0.29) is 17.6 Å². The molecule has 2 atom stereocenters. The summed E-state index contributed by atoms with van der Waals surface area (Å²) < 4.78 is 5.62. The molecule has 1 amide bonds. The third-order valence-electron chi connectivity index (χ3n) is 6.19. The maximum absolute atomic E-state index is 13.6. The van der Waals surface area contributed by atoms with Gasteiger partial charge in [0.15, 0.2) is 5.78 Å². The van der Waals surface area contributed by atoms with E-state index in [1.54, 1.807) is 23.3 Å². The average molecular weight is 447 g/mol. The lowest BCUT2D eigenvalue weighted by molar-refractivity contribution is -0.119. The first-order valence-electron chi connectivity index (χ1n) is 10.8. The van der Waals surface area contributed by atoms with Gasteiger partial charge in [-0.1, -0.05) is 42.8 Å². The zero-order valence-corrected chi connectivity index (χ0v) is 18.4. The average Bonchev–Trinajstić information content (AvgIpc) is 3.29. The van der Waals surface area contributed by atoms with Gasteiger partial charge in [0.05, 0.1) is 23.7 Å². The number of para-hydroxylation sites is 2. The minimum atomic E-state index is -0.532. The van der Waals surface area contributed by atoms with E-state index in [4.69, 9.17) is 16.0 Å². The molecule has 0 radical (unpaired) electrons. The van der Waals surface area contributed by atoms with Crippen LogP contribution in [-0.2, 0) is 9.59 Å². The predicted molar refractivity (Wildman–Crippen MR) is 125 cm³/mol. The first-order valence-corrected chi connectivity index (χ1v) is 11.2. The number of fused-ring (bicyclic) bond motifs is 1. The molecule has 162 valence electrons. The summed E-state index contributed by atoms with van der Waals surface area (Å²) in [7, 11) is 0. The van der Waals surface area contributed by atoms with Crippen molar-refractivity contribution in [2.75, 3.05) is 10.2 Å². The number of allylic oxidation sites excluding steroid dienone is 1. The predicted octanol–water partition coefficient (Wildman–Crippen LogP) is 6.24. The van der Waals surface area contributed by atoms with E-state index in [1.165, 1.54) is 0 Å². The summed E-state index contributed by atoms with van der Waals surface area (Å²) in [6.45, 7) is 1.84. The minimum Gasteiger partial charge on any atom is -0.469 e. The standard InChI is InChI=1S/C26H23ClN2O3/c1-2-24(31)29-21-7-4-3-6-19(21)28-20-14-17(23-8-5-13-32-23)15-22(30)25(20)26(29)16-9-11-18(27)12-10-16/h3-13,17,26,28H,2,14-15H2,1H3/t17-,26-/m0/s1. The molecule has 0 spiro atoms. The highest BCUT2D eigenvalue weighted by atomic mass is 35.5. The van der Waals surface area contributed by atoms with Crippen LogP contribution in [-0.4, -0.2) is 11.7 Å². The van der Waals surface area contributed by atoms with Crippen molar-refractivity contribution in [2.24, 2.45) is 0 Å². The summed E-state index contributed by atoms with van der Waals surface area (Å²) in [6.07, 6.45) is 2.92. The minimum absolute atomic E-state index is 0.0156. The van der Waals surface area contributed by atoms with Crippen LogP contribution in [0, 0.1) is 0 Å². The second-order valence-corrected chi connectivity index (χ2v) is 8.59. The molecule has 5 nitrogen and oxygen atoms in total. The van der Waals surface area contributed by atoms with Crippen LogP contribution >= 0.6 is 11.6 Å². The van der Waals surface area contributed by atoms with Crippen molar-refractivity contribution in [3.63, 3.8) is 0 Å². The summed E-state index contributed by atoms with van der Waals surface area (Å²) in [6, 6.07) is 18.3. The largest absolute Gasteiger partial charge is 0.469 e. The molecule has 3 aromatic rings. The summed E-state index contributed by atoms with van der Waals surface area (Å²) in [5.74, 6) is 0.722. The topological polar surface area (TPSA) is 62.6 Å². The van der Waals surface area contributed by atoms with Gasteiger partial charge in [0.25, 0.3) is 0 Å². The molecule has 1 aromatic heterocycles. The molecule has 0 fully saturated rings. The molecule has 0 saturated heterocycles. The summed E-state index contributed by atoms with van der Waals surface area (Å²) in [5, 5.41) is 4.11. The fraction of sp³-hybridized carbons (Fsp3) is 0.231. The van der Waals surface area contributed by atoms with Gasteiger partial charge in [0, 0.05) is 35.1 Å². The van der Waals surface area contributed by atoms with Gasteiger partial charge < -0.3 is 9.73 Å². The Bertz CT molecular complexity index is 1200. The monoisotopic (exact) mass is 446 g/mol. The molecule has 32 heavy (non-hydrogen) atoms. The fourth-order valence-electron chi connectivity index (χ4n) is 4.72. The Morgan fingerprint density at radius 3 is 2.59 bits per heavy atom. The van der Waals surface area contributed by atoms with Crippen LogP contribution in [0.25, 0.3) is 0 Å². The number of furan rings is 1. The number of amides is 1. The van der Waals surface area contributed by atoms with Gasteiger partial charge in [0.1, 0.15) is 5.76 Å². The van der Waals surface area contributed by atoms with E-state index in [2.05, 4.69) is 5.32 Å². The Labute approximate surface area is 191 Å². The molecule has 1 aliphatic heterocycles. The lowest BCUT2D eigenvalue weighted by Gasteiger charge is -2.34. The third kappa shape index (κ3) is 3.53. The smallest absolute Gasteiger partial charge is 0.227 e. The number of anilines is 2. The second kappa shape index (κ2) is 8.32. The number of ketones is 1. The van der Waals surface area contributed by atoms with E-state index in [0.717, 1.165) is 28.4 Å². The molecule has 0 saturated carbocycles. The highest BCUT2D eigenvalue weighted by Gasteiger charge is 2.41. The van der Waals surface area contributed by atoms with Crippen molar-refractivity contribution in [3.8, 4) is 0 Å². The van der Waals surface area contributed by atoms with Gasteiger partial charge in [-0.15, -0.1) is 0 Å². The molecule has 0 bridgehead atoms. The first-order chi connectivity index (χ1) is 15.6. The van der Waals surface area contributed by atoms with Crippen molar-refractivity contribution in [1.29, 1.82) is 0 Å². The van der Waals surface area contributed by atoms with E-state index in [0.29, 0.717) is 29.9 Å². The number of hydrogen-bond acceptors (Lipinski definition) is 4. The summed E-state index contributed by atoms with van der Waals surface area (Å²) in [4.78, 5) is 28.7. The Kier molecular flexibility index (Phi) is 5.35. The molecule has 1 aliphatic carbocycles. The lowest BCUT2D eigenvalue weighted by atomic mass is 9.80. The van der Waals surface area contributed by atoms with E-state index in [9.17, 15) is 9.59 Å². The van der Waals surface area contributed by atoms with Crippen molar-refractivity contribution in [3.05, 3.63) is 94.5 Å². The Balaban J connectivity index is 1.72. The number of hydrogen-bond donors (Lipinski definition) is 1. The molecule has 2 aromatic carbocycles. The highest BCUT2D eigenvalue weighted by molar-refractivity contribution is 6.30. The number of rotatable bonds is 3. The summed E-state index contributed by atoms with van der Waals surface area (Å²) in [5.41, 5.74) is 3.89. The molecule has 0 unspecified atom stereocenters. The molecule has 6 heteroatoms. The van der Waals surface area contributed by atoms with Crippen LogP contribution in [0.5, 0.6) is 0 Å². The van der Waals surface area contributed by atoms with Gasteiger partial charge in [0.2, 0.25) is 5.91 Å². The number of carbonyl (C=O) groups excluding carboxylic acids is 2. The third-order valence-corrected chi connectivity index (χ3v) is 6.44. The van der Waals surface area contributed by atoms with E-state index < -0.39 is 6.04 Å². The van der Waals surface area contributed by atoms with Crippen LogP contribution in [0.15, 0.2) is 82.6 Å². The van der Waals surface area contributed by atoms with Crippen molar-refractivity contribution in [2.45, 2.75) is 38.1 Å². The molecule has 2 heterocycles. The second-order valence-electron chi connectivity index (χ2n) is 8.15. The molecule has 1 N–H and O–H groups in total. The molecule has 2 aliphatic rings. The first kappa shape index (κ1) is 20.6. The summed E-state index contributed by atoms with van der Waals surface area (Å²) >= 11 is 6.15. The van der Waals surface area contributed by atoms with Crippen LogP contribution in [0.3, 0.4) is 0 Å². The molecular weight excluding hydrogens is 424 g/mol. The van der Waals surface area contributed by atoms with Crippen molar-refractivity contribution >= 4 is 34.7 Å². The zero-order valence-electron chi connectivity index (χ0n) is 17.7. The maximum atomic E-state index is 13.6. The van der Waals surface area contributed by atoms with Gasteiger partial charge >= 0.3 is 0 Å². The SMILES string of the molecule is CCC(=O)N1c2ccccc2NC2=C(C(=O)C[C@@H](c3ccco3)C2)[C@@H]1c1ccc(Cl)cc1. The van der Waals surface area contributed by atoms with Crippen LogP contribution in [0.1, 0.15) is 49.5 Å². The van der Waals surface area contributed by atoms with Crippen LogP contribution < -0.4 is 10.2 Å². The van der Waals surface area contributed by atoms with Gasteiger partial charge in [-0.25, -0.2) is 0 Å². The number of nitrogens with one attached hydrogen (secondary N) is 1. The number of halogens is 1. The fourth-order valence-corrected chi connectivity index (χ4v) is 4.85. The normalized spacial score (nSPS) is 20.3.